The smallest absolute Gasteiger partial charge is 0.130 e. The molecule has 2 nitrogen and oxygen atoms in total. The molecule has 4 heteroatoms. The first-order chi connectivity index (χ1) is 3.21. The number of halogens is 2. The van der Waals surface area contributed by atoms with E-state index in [1.165, 1.54) is 0 Å². The zero-order valence-electron chi connectivity index (χ0n) is 5.75. The number of nitrogens with one attached hydrogen (secondary N) is 1. The third-order valence-electron chi connectivity index (χ3n) is 1.38. The first-order valence-corrected chi connectivity index (χ1v) is 2.76. The van der Waals surface area contributed by atoms with E-state index < -0.39 is 0 Å². The fourth-order valence-corrected chi connectivity index (χ4v) is 0.815. The van der Waals surface area contributed by atoms with Crippen LogP contribution in [0.2, 0.25) is 0 Å². The van der Waals surface area contributed by atoms with Gasteiger partial charge in [0.2, 0.25) is 0 Å². The van der Waals surface area contributed by atoms with Gasteiger partial charge < -0.3 is 34.7 Å². The lowest BCUT2D eigenvalue weighted by atomic mass is 10.1. The minimum Gasteiger partial charge on any atom is -1.00 e. The Balaban J connectivity index is 0. The zero-order chi connectivity index (χ0) is 5.33. The number of rotatable bonds is 0. The normalized spacial score (nSPS) is 22.0. The van der Waals surface area contributed by atoms with E-state index >= 15 is 0 Å². The summed E-state index contributed by atoms with van der Waals surface area (Å²) in [6.07, 6.45) is 0. The Labute approximate surface area is 73.0 Å². The highest BCUT2D eigenvalue weighted by Gasteiger charge is 2.25. The molecule has 1 aliphatic heterocycles. The summed E-state index contributed by atoms with van der Waals surface area (Å²) in [6, 6.07) is 0. The van der Waals surface area contributed by atoms with Crippen LogP contribution in [-0.4, -0.2) is 18.8 Å². The van der Waals surface area contributed by atoms with Crippen LogP contribution in [-0.2, 0) is 0 Å². The highest BCUT2D eigenvalue weighted by atomic mass is 79.9. The molecule has 1 rings (SSSR count). The van der Waals surface area contributed by atoms with Crippen molar-refractivity contribution in [3.05, 3.63) is 0 Å². The number of hydrogen-bond donors (Lipinski definition) is 2. The first kappa shape index (κ1) is 12.4. The van der Waals surface area contributed by atoms with Gasteiger partial charge in [0.15, 0.2) is 0 Å². The van der Waals surface area contributed by atoms with Crippen molar-refractivity contribution in [2.45, 2.75) is 19.4 Å². The summed E-state index contributed by atoms with van der Waals surface area (Å²) in [6.45, 7) is 6.72. The van der Waals surface area contributed by atoms with Crippen LogP contribution >= 0.6 is 0 Å². The maximum absolute atomic E-state index is 3.26. The second-order valence-electron chi connectivity index (χ2n) is 2.82. The van der Waals surface area contributed by atoms with Gasteiger partial charge in [0, 0.05) is 0 Å². The van der Waals surface area contributed by atoms with Gasteiger partial charge in [0.05, 0.1) is 6.54 Å². The molecule has 0 unspecified atom stereocenters. The van der Waals surface area contributed by atoms with Gasteiger partial charge in [-0.15, -0.1) is 0 Å². The standard InChI is InChI=1S/C5H12N2.BrH.ClH/c1-5(2)3-6-4-7-5;;/h6-7H,3-4H2,1-2H3;2*1H/p-1. The summed E-state index contributed by atoms with van der Waals surface area (Å²) in [7, 11) is 0. The fourth-order valence-electron chi connectivity index (χ4n) is 0.815. The lowest BCUT2D eigenvalue weighted by Crippen LogP contribution is -3.00. The third-order valence-corrected chi connectivity index (χ3v) is 1.38. The fraction of sp³-hybridized carbons (Fsp3) is 1.00. The summed E-state index contributed by atoms with van der Waals surface area (Å²) >= 11 is 0. The molecule has 3 N–H and O–H groups in total. The molecule has 0 aromatic heterocycles. The average Bonchev–Trinajstić information content (AvgIpc) is 1.84. The topological polar surface area (TPSA) is 28.6 Å². The number of quaternary nitrogens is 1. The van der Waals surface area contributed by atoms with Crippen molar-refractivity contribution >= 4 is 0 Å². The van der Waals surface area contributed by atoms with E-state index in [9.17, 15) is 0 Å². The summed E-state index contributed by atoms with van der Waals surface area (Å²) in [4.78, 5) is 0. The summed E-state index contributed by atoms with van der Waals surface area (Å²) in [5, 5.41) is 5.57. The van der Waals surface area contributed by atoms with Crippen LogP contribution in [0.1, 0.15) is 13.8 Å². The lowest BCUT2D eigenvalue weighted by molar-refractivity contribution is -0.700. The Morgan fingerprint density at radius 1 is 1.44 bits per heavy atom. The van der Waals surface area contributed by atoms with Crippen LogP contribution in [0.4, 0.5) is 0 Å². The predicted octanol–water partition coefficient (Wildman–Crippen LogP) is -7.10. The average molecular weight is 217 g/mol. The van der Waals surface area contributed by atoms with Gasteiger partial charge in [0.1, 0.15) is 12.2 Å². The second kappa shape index (κ2) is 4.50. The van der Waals surface area contributed by atoms with Crippen LogP contribution in [0.3, 0.4) is 0 Å². The van der Waals surface area contributed by atoms with Gasteiger partial charge in [0.25, 0.3) is 0 Å². The summed E-state index contributed by atoms with van der Waals surface area (Å²) < 4.78 is 0. The molecule has 0 radical (unpaired) electrons. The number of hydrogen-bond acceptors (Lipinski definition) is 1. The van der Waals surface area contributed by atoms with Crippen molar-refractivity contribution in [1.82, 2.24) is 5.32 Å². The summed E-state index contributed by atoms with van der Waals surface area (Å²) in [5.41, 5.74) is 0.458. The first-order valence-electron chi connectivity index (χ1n) is 2.76. The van der Waals surface area contributed by atoms with Gasteiger partial charge in [-0.3, -0.25) is 5.32 Å². The highest BCUT2D eigenvalue weighted by Crippen LogP contribution is 1.92. The molecular formula is C5H13BrClN2-. The lowest BCUT2D eigenvalue weighted by Gasteiger charge is -2.10. The van der Waals surface area contributed by atoms with Crippen molar-refractivity contribution in [1.29, 1.82) is 0 Å². The van der Waals surface area contributed by atoms with Crippen LogP contribution < -0.4 is 40.0 Å². The van der Waals surface area contributed by atoms with Crippen LogP contribution in [0.5, 0.6) is 0 Å². The summed E-state index contributed by atoms with van der Waals surface area (Å²) in [5.74, 6) is 0. The quantitative estimate of drug-likeness (QED) is 0.414. The Kier molecular flexibility index (Phi) is 6.18. The maximum atomic E-state index is 3.26. The number of nitrogens with two attached hydrogens (primary N) is 1. The zero-order valence-corrected chi connectivity index (χ0v) is 8.09. The molecular weight excluding hydrogens is 203 g/mol. The molecule has 1 heterocycles. The molecule has 0 amide bonds. The van der Waals surface area contributed by atoms with E-state index in [0.29, 0.717) is 5.54 Å². The van der Waals surface area contributed by atoms with E-state index in [4.69, 9.17) is 0 Å². The molecule has 1 fully saturated rings. The van der Waals surface area contributed by atoms with Crippen molar-refractivity contribution in [3.63, 3.8) is 0 Å². The van der Waals surface area contributed by atoms with Crippen molar-refractivity contribution in [2.24, 2.45) is 0 Å². The van der Waals surface area contributed by atoms with Gasteiger partial charge >= 0.3 is 0 Å². The van der Waals surface area contributed by atoms with Gasteiger partial charge in [-0.05, 0) is 13.8 Å². The van der Waals surface area contributed by atoms with Gasteiger partial charge in [-0.2, -0.15) is 0 Å². The molecule has 0 atom stereocenters. The van der Waals surface area contributed by atoms with E-state index in [-0.39, 0.29) is 29.4 Å². The van der Waals surface area contributed by atoms with Crippen LogP contribution in [0, 0.1) is 0 Å². The molecule has 0 bridgehead atoms. The molecule has 0 aromatic rings. The van der Waals surface area contributed by atoms with E-state index in [1.807, 2.05) is 0 Å². The van der Waals surface area contributed by atoms with Crippen molar-refractivity contribution < 1.29 is 34.7 Å². The maximum Gasteiger partial charge on any atom is 0.130 e. The molecule has 1 aliphatic rings. The molecule has 0 saturated carbocycles. The van der Waals surface area contributed by atoms with Crippen molar-refractivity contribution in [2.75, 3.05) is 13.2 Å². The van der Waals surface area contributed by atoms with Crippen LogP contribution in [0.25, 0.3) is 0 Å². The predicted molar refractivity (Wildman–Crippen MR) is 28.9 cm³/mol. The van der Waals surface area contributed by atoms with Crippen LogP contribution in [0.15, 0.2) is 0 Å². The molecule has 9 heavy (non-hydrogen) atoms. The van der Waals surface area contributed by atoms with E-state index in [2.05, 4.69) is 24.5 Å². The Morgan fingerprint density at radius 3 is 2.11 bits per heavy atom. The Bertz CT molecular complexity index is 69.4. The second-order valence-corrected chi connectivity index (χ2v) is 2.82. The molecule has 0 aliphatic carbocycles. The largest absolute Gasteiger partial charge is 1.00 e. The molecule has 58 valence electrons. The van der Waals surface area contributed by atoms with E-state index in [1.54, 1.807) is 0 Å². The molecule has 0 aromatic carbocycles. The van der Waals surface area contributed by atoms with Gasteiger partial charge in [-0.25, -0.2) is 0 Å². The molecule has 1 saturated heterocycles. The molecule has 0 spiro atoms. The Hall–Kier alpha value is 0.690. The minimum atomic E-state index is 0. The van der Waals surface area contributed by atoms with Crippen molar-refractivity contribution in [3.8, 4) is 0 Å². The Morgan fingerprint density at radius 2 is 2.00 bits per heavy atom. The highest BCUT2D eigenvalue weighted by molar-refractivity contribution is 4.69. The minimum absolute atomic E-state index is 0. The monoisotopic (exact) mass is 215 g/mol. The van der Waals surface area contributed by atoms with E-state index in [0.717, 1.165) is 13.2 Å². The van der Waals surface area contributed by atoms with Gasteiger partial charge in [-0.1, -0.05) is 0 Å². The third kappa shape index (κ3) is 4.14. The SMILES string of the molecule is CC1(C)CNC[NH2+]1.[Br-].[Cl-].